The van der Waals surface area contributed by atoms with Gasteiger partial charge in [-0.1, -0.05) is 25.5 Å². The smallest absolute Gasteiger partial charge is 0.302 e. The summed E-state index contributed by atoms with van der Waals surface area (Å²) >= 11 is 0. The Morgan fingerprint density at radius 2 is 2.00 bits per heavy atom. The van der Waals surface area contributed by atoms with Gasteiger partial charge in [-0.15, -0.1) is 0 Å². The SMILES string of the molecule is [C-]#[N+]C(C)C1CCC2C3CC=C4CC(OC(C)=O)CCC4(C)C3CCC12C. The largest absolute Gasteiger partial charge is 0.462 e. The van der Waals surface area contributed by atoms with Crippen LogP contribution in [0.3, 0.4) is 0 Å². The molecule has 0 N–H and O–H groups in total. The Kier molecular flexibility index (Phi) is 4.68. The minimum Gasteiger partial charge on any atom is -0.462 e. The van der Waals surface area contributed by atoms with Crippen molar-refractivity contribution in [1.82, 2.24) is 0 Å². The molecule has 0 aliphatic heterocycles. The van der Waals surface area contributed by atoms with Crippen LogP contribution in [0.2, 0.25) is 0 Å². The predicted octanol–water partition coefficient (Wildman–Crippen LogP) is 5.80. The Labute approximate surface area is 164 Å². The Hall–Kier alpha value is -1.30. The van der Waals surface area contributed by atoms with Crippen molar-refractivity contribution in [2.75, 3.05) is 0 Å². The van der Waals surface area contributed by atoms with Gasteiger partial charge in [0, 0.05) is 26.2 Å². The zero-order valence-electron chi connectivity index (χ0n) is 17.5. The van der Waals surface area contributed by atoms with Crippen molar-refractivity contribution in [3.63, 3.8) is 0 Å². The highest BCUT2D eigenvalue weighted by Gasteiger charge is 2.60. The van der Waals surface area contributed by atoms with E-state index in [9.17, 15) is 4.79 Å². The molecule has 0 heterocycles. The van der Waals surface area contributed by atoms with Crippen molar-refractivity contribution >= 4 is 5.97 Å². The number of hydrogen-bond acceptors (Lipinski definition) is 2. The van der Waals surface area contributed by atoms with Gasteiger partial charge in [-0.05, 0) is 73.5 Å². The van der Waals surface area contributed by atoms with Crippen LogP contribution in [0.25, 0.3) is 4.85 Å². The van der Waals surface area contributed by atoms with Crippen LogP contribution in [-0.2, 0) is 9.53 Å². The summed E-state index contributed by atoms with van der Waals surface area (Å²) in [6.07, 6.45) is 12.1. The molecule has 0 radical (unpaired) electrons. The fourth-order valence-corrected chi connectivity index (χ4v) is 7.89. The number of esters is 1. The van der Waals surface area contributed by atoms with Crippen LogP contribution in [0.1, 0.15) is 79.1 Å². The van der Waals surface area contributed by atoms with Crippen LogP contribution in [-0.4, -0.2) is 18.1 Å². The average Bonchev–Trinajstić information content (AvgIpc) is 2.98. The molecular weight excluding hydrogens is 334 g/mol. The highest BCUT2D eigenvalue weighted by atomic mass is 16.5. The molecule has 4 aliphatic rings. The van der Waals surface area contributed by atoms with Gasteiger partial charge >= 0.3 is 5.97 Å². The Morgan fingerprint density at radius 1 is 1.22 bits per heavy atom. The van der Waals surface area contributed by atoms with Crippen molar-refractivity contribution in [3.8, 4) is 0 Å². The minimum absolute atomic E-state index is 0.0857. The number of nitrogens with zero attached hydrogens (tertiary/aromatic N) is 1. The first-order valence-corrected chi connectivity index (χ1v) is 11.0. The van der Waals surface area contributed by atoms with Crippen LogP contribution in [0.5, 0.6) is 0 Å². The van der Waals surface area contributed by atoms with E-state index >= 15 is 0 Å². The maximum absolute atomic E-state index is 11.4. The number of fused-ring (bicyclic) bond motifs is 5. The van der Waals surface area contributed by atoms with Gasteiger partial charge in [-0.25, -0.2) is 6.57 Å². The van der Waals surface area contributed by atoms with Crippen LogP contribution >= 0.6 is 0 Å². The van der Waals surface area contributed by atoms with E-state index in [4.69, 9.17) is 11.3 Å². The molecule has 0 saturated heterocycles. The molecule has 0 bridgehead atoms. The fraction of sp³-hybridized carbons (Fsp3) is 0.833. The van der Waals surface area contributed by atoms with E-state index in [0.29, 0.717) is 16.7 Å². The molecular formula is C24H35NO2. The lowest BCUT2D eigenvalue weighted by atomic mass is 9.47. The van der Waals surface area contributed by atoms with Crippen molar-refractivity contribution in [3.05, 3.63) is 23.1 Å². The molecule has 8 unspecified atom stereocenters. The first-order valence-electron chi connectivity index (χ1n) is 11.0. The summed E-state index contributed by atoms with van der Waals surface area (Å²) in [5, 5.41) is 0. The maximum Gasteiger partial charge on any atom is 0.302 e. The van der Waals surface area contributed by atoms with Crippen molar-refractivity contribution in [1.29, 1.82) is 0 Å². The van der Waals surface area contributed by atoms with E-state index < -0.39 is 0 Å². The van der Waals surface area contributed by atoms with Gasteiger partial charge in [0.15, 0.2) is 0 Å². The second kappa shape index (κ2) is 6.64. The van der Waals surface area contributed by atoms with Gasteiger partial charge in [0.1, 0.15) is 6.10 Å². The number of allylic oxidation sites excluding steroid dienone is 1. The number of ether oxygens (including phenoxy) is 1. The summed E-state index contributed by atoms with van der Waals surface area (Å²) in [5.74, 6) is 2.78. The molecule has 0 aromatic rings. The summed E-state index contributed by atoms with van der Waals surface area (Å²) in [6.45, 7) is 16.2. The van der Waals surface area contributed by atoms with Gasteiger partial charge in [0.25, 0.3) is 0 Å². The van der Waals surface area contributed by atoms with Gasteiger partial charge in [-0.3, -0.25) is 4.79 Å². The molecule has 0 aromatic carbocycles. The standard InChI is InChI=1S/C24H35NO2/c1-15(25-5)20-8-9-21-19-7-6-17-14-18(27-16(2)26)10-12-23(17,3)22(19)11-13-24(20,21)4/h6,15,18-22H,7-14H2,1-4H3. The van der Waals surface area contributed by atoms with E-state index in [1.807, 2.05) is 0 Å². The quantitative estimate of drug-likeness (QED) is 0.349. The minimum atomic E-state index is -0.141. The molecule has 0 amide bonds. The van der Waals surface area contributed by atoms with Gasteiger partial charge in [0.2, 0.25) is 6.04 Å². The zero-order valence-corrected chi connectivity index (χ0v) is 17.5. The number of rotatable bonds is 2. The van der Waals surface area contributed by atoms with E-state index in [0.717, 1.165) is 37.0 Å². The van der Waals surface area contributed by atoms with Crippen LogP contribution in [0.4, 0.5) is 0 Å². The van der Waals surface area contributed by atoms with E-state index in [-0.39, 0.29) is 18.1 Å². The third kappa shape index (κ3) is 2.86. The van der Waals surface area contributed by atoms with E-state index in [1.54, 1.807) is 5.57 Å². The lowest BCUT2D eigenvalue weighted by Gasteiger charge is -2.58. The Bertz CT molecular complexity index is 691. The molecule has 27 heavy (non-hydrogen) atoms. The summed E-state index contributed by atoms with van der Waals surface area (Å²) in [7, 11) is 0. The van der Waals surface area contributed by atoms with Crippen molar-refractivity contribution < 1.29 is 9.53 Å². The predicted molar refractivity (Wildman–Crippen MR) is 107 cm³/mol. The summed E-state index contributed by atoms with van der Waals surface area (Å²) in [6, 6.07) is 0.168. The van der Waals surface area contributed by atoms with Crippen molar-refractivity contribution in [2.24, 2.45) is 34.5 Å². The lowest BCUT2D eigenvalue weighted by molar-refractivity contribution is -0.148. The highest BCUT2D eigenvalue weighted by Crippen LogP contribution is 2.66. The normalized spacial score (nSPS) is 46.9. The van der Waals surface area contributed by atoms with Crippen LogP contribution in [0, 0.1) is 41.1 Å². The molecule has 8 atom stereocenters. The number of carbonyl (C=O) groups is 1. The van der Waals surface area contributed by atoms with Gasteiger partial charge in [0.05, 0.1) is 0 Å². The average molecular weight is 370 g/mol. The van der Waals surface area contributed by atoms with Crippen molar-refractivity contribution in [2.45, 2.75) is 91.2 Å². The fourth-order valence-electron chi connectivity index (χ4n) is 7.89. The van der Waals surface area contributed by atoms with E-state index in [2.05, 4.69) is 31.7 Å². The number of carbonyl (C=O) groups excluding carboxylic acids is 1. The Morgan fingerprint density at radius 3 is 2.70 bits per heavy atom. The lowest BCUT2D eigenvalue weighted by Crippen LogP contribution is -2.51. The highest BCUT2D eigenvalue weighted by molar-refractivity contribution is 5.66. The second-order valence-corrected chi connectivity index (χ2v) is 10.3. The summed E-state index contributed by atoms with van der Waals surface area (Å²) in [4.78, 5) is 15.3. The van der Waals surface area contributed by atoms with Gasteiger partial charge in [-0.2, -0.15) is 0 Å². The molecule has 4 rings (SSSR count). The molecule has 148 valence electrons. The first kappa shape index (κ1) is 19.0. The molecule has 3 heteroatoms. The Balaban J connectivity index is 1.58. The maximum atomic E-state index is 11.4. The summed E-state index contributed by atoms with van der Waals surface area (Å²) in [5.41, 5.74) is 2.22. The van der Waals surface area contributed by atoms with E-state index in [1.165, 1.54) is 39.0 Å². The molecule has 3 saturated carbocycles. The van der Waals surface area contributed by atoms with Crippen LogP contribution in [0.15, 0.2) is 11.6 Å². The summed E-state index contributed by atoms with van der Waals surface area (Å²) < 4.78 is 5.55. The molecule has 4 aliphatic carbocycles. The monoisotopic (exact) mass is 369 g/mol. The zero-order chi connectivity index (χ0) is 19.4. The first-order chi connectivity index (χ1) is 12.8. The molecule has 3 nitrogen and oxygen atoms in total. The molecule has 0 aromatic heterocycles. The third-order valence-electron chi connectivity index (χ3n) is 9.25. The molecule has 3 fully saturated rings. The number of hydrogen-bond donors (Lipinski definition) is 0. The van der Waals surface area contributed by atoms with Crippen LogP contribution < -0.4 is 0 Å². The second-order valence-electron chi connectivity index (χ2n) is 10.3. The molecule has 0 spiro atoms. The topological polar surface area (TPSA) is 30.7 Å². The van der Waals surface area contributed by atoms with Gasteiger partial charge < -0.3 is 9.58 Å². The third-order valence-corrected chi connectivity index (χ3v) is 9.25.